The van der Waals surface area contributed by atoms with Gasteiger partial charge in [0.15, 0.2) is 0 Å². The Morgan fingerprint density at radius 3 is 2.52 bits per heavy atom. The standard InChI is InChI=1S/C16H19N3O4.C2H6/c1-16(2,3)23-15(21)18-13(14(20)22-4)8-10-5-6-12-11(7-10)9-17-19-12;1-2/h5-9H,1-4H3,(H,17,19)(H,18,21);1-2H3/b13-8-;. The summed E-state index contributed by atoms with van der Waals surface area (Å²) in [6.45, 7) is 9.21. The normalized spacial score (nSPS) is 11.4. The van der Waals surface area contributed by atoms with Crippen molar-refractivity contribution in [2.75, 3.05) is 7.11 Å². The molecule has 2 N–H and O–H groups in total. The molecule has 1 amide bonds. The molecule has 0 spiro atoms. The zero-order valence-corrected chi connectivity index (χ0v) is 15.5. The van der Waals surface area contributed by atoms with E-state index in [-0.39, 0.29) is 5.70 Å². The maximum atomic E-state index is 11.9. The zero-order chi connectivity index (χ0) is 19.0. The van der Waals surface area contributed by atoms with E-state index >= 15 is 0 Å². The van der Waals surface area contributed by atoms with Gasteiger partial charge in [-0.05, 0) is 44.5 Å². The zero-order valence-electron chi connectivity index (χ0n) is 15.5. The molecule has 1 heterocycles. The molecule has 7 nitrogen and oxygen atoms in total. The van der Waals surface area contributed by atoms with Crippen LogP contribution >= 0.6 is 0 Å². The van der Waals surface area contributed by atoms with Crippen LogP contribution in [0.2, 0.25) is 0 Å². The number of hydrogen-bond acceptors (Lipinski definition) is 5. The van der Waals surface area contributed by atoms with Crippen molar-refractivity contribution in [2.24, 2.45) is 0 Å². The highest BCUT2D eigenvalue weighted by Gasteiger charge is 2.20. The van der Waals surface area contributed by atoms with Crippen molar-refractivity contribution in [3.63, 3.8) is 0 Å². The third-order valence-electron chi connectivity index (χ3n) is 2.82. The number of aromatic nitrogens is 2. The van der Waals surface area contributed by atoms with Crippen LogP contribution in [0.25, 0.3) is 17.0 Å². The van der Waals surface area contributed by atoms with Crippen LogP contribution in [0, 0.1) is 0 Å². The first kappa shape index (κ1) is 20.2. The van der Waals surface area contributed by atoms with Crippen molar-refractivity contribution in [1.82, 2.24) is 15.5 Å². The van der Waals surface area contributed by atoms with E-state index in [2.05, 4.69) is 15.5 Å². The van der Waals surface area contributed by atoms with Crippen LogP contribution in [-0.2, 0) is 14.3 Å². The molecule has 0 radical (unpaired) electrons. The predicted molar refractivity (Wildman–Crippen MR) is 96.8 cm³/mol. The average Bonchev–Trinajstić information content (AvgIpc) is 3.01. The first-order chi connectivity index (χ1) is 11.8. The quantitative estimate of drug-likeness (QED) is 0.653. The number of alkyl carbamates (subject to hydrolysis) is 1. The Bertz CT molecular complexity index is 757. The number of nitrogens with one attached hydrogen (secondary N) is 2. The highest BCUT2D eigenvalue weighted by Crippen LogP contribution is 2.16. The third-order valence-corrected chi connectivity index (χ3v) is 2.82. The van der Waals surface area contributed by atoms with Gasteiger partial charge in [-0.15, -0.1) is 0 Å². The lowest BCUT2D eigenvalue weighted by Gasteiger charge is -2.20. The van der Waals surface area contributed by atoms with Gasteiger partial charge in [-0.25, -0.2) is 9.59 Å². The molecule has 2 rings (SSSR count). The monoisotopic (exact) mass is 347 g/mol. The average molecular weight is 347 g/mol. The Morgan fingerprint density at radius 1 is 1.24 bits per heavy atom. The summed E-state index contributed by atoms with van der Waals surface area (Å²) in [6, 6.07) is 5.45. The Morgan fingerprint density at radius 2 is 1.92 bits per heavy atom. The molecule has 0 aliphatic carbocycles. The minimum atomic E-state index is -0.724. The van der Waals surface area contributed by atoms with E-state index in [4.69, 9.17) is 9.47 Å². The van der Waals surface area contributed by atoms with E-state index in [1.807, 2.05) is 26.0 Å². The minimum Gasteiger partial charge on any atom is -0.464 e. The number of fused-ring (bicyclic) bond motifs is 1. The van der Waals surface area contributed by atoms with E-state index in [0.29, 0.717) is 0 Å². The van der Waals surface area contributed by atoms with Crippen LogP contribution in [0.4, 0.5) is 4.79 Å². The number of esters is 1. The van der Waals surface area contributed by atoms with Crippen LogP contribution in [0.1, 0.15) is 40.2 Å². The first-order valence-corrected chi connectivity index (χ1v) is 8.01. The maximum absolute atomic E-state index is 11.9. The molecule has 0 fully saturated rings. The number of amides is 1. The summed E-state index contributed by atoms with van der Waals surface area (Å²) >= 11 is 0. The number of carbonyl (C=O) groups excluding carboxylic acids is 2. The number of methoxy groups -OCH3 is 1. The van der Waals surface area contributed by atoms with Gasteiger partial charge in [-0.3, -0.25) is 10.4 Å². The summed E-state index contributed by atoms with van der Waals surface area (Å²) in [5.74, 6) is -0.664. The topological polar surface area (TPSA) is 93.3 Å². The largest absolute Gasteiger partial charge is 0.464 e. The molecule has 7 heteroatoms. The Kier molecular flexibility index (Phi) is 7.17. The van der Waals surface area contributed by atoms with Gasteiger partial charge in [-0.2, -0.15) is 5.10 Å². The maximum Gasteiger partial charge on any atom is 0.412 e. The summed E-state index contributed by atoms with van der Waals surface area (Å²) < 4.78 is 9.84. The molecule has 0 saturated heterocycles. The lowest BCUT2D eigenvalue weighted by Crippen LogP contribution is -2.34. The smallest absolute Gasteiger partial charge is 0.412 e. The highest BCUT2D eigenvalue weighted by atomic mass is 16.6. The van der Waals surface area contributed by atoms with Crippen LogP contribution in [0.15, 0.2) is 30.1 Å². The first-order valence-electron chi connectivity index (χ1n) is 8.01. The number of hydrogen-bond donors (Lipinski definition) is 2. The van der Waals surface area contributed by atoms with Gasteiger partial charge in [0, 0.05) is 5.39 Å². The Balaban J connectivity index is 0.00000151. The third kappa shape index (κ3) is 6.29. The fourth-order valence-corrected chi connectivity index (χ4v) is 1.89. The van der Waals surface area contributed by atoms with Crippen molar-refractivity contribution >= 4 is 29.0 Å². The van der Waals surface area contributed by atoms with Crippen molar-refractivity contribution in [3.8, 4) is 0 Å². The molecule has 136 valence electrons. The van der Waals surface area contributed by atoms with Gasteiger partial charge < -0.3 is 9.47 Å². The van der Waals surface area contributed by atoms with Crippen molar-refractivity contribution < 1.29 is 19.1 Å². The molecule has 0 bridgehead atoms. The number of rotatable bonds is 3. The van der Waals surface area contributed by atoms with Crippen LogP contribution < -0.4 is 5.32 Å². The molecular formula is C18H25N3O4. The van der Waals surface area contributed by atoms with Gasteiger partial charge in [0.2, 0.25) is 0 Å². The molecule has 2 aromatic rings. The van der Waals surface area contributed by atoms with Crippen LogP contribution in [0.3, 0.4) is 0 Å². The lowest BCUT2D eigenvalue weighted by molar-refractivity contribution is -0.136. The second kappa shape index (κ2) is 8.86. The van der Waals surface area contributed by atoms with Crippen molar-refractivity contribution in [3.05, 3.63) is 35.7 Å². The number of H-pyrrole nitrogens is 1. The summed E-state index contributed by atoms with van der Waals surface area (Å²) in [4.78, 5) is 23.7. The van der Waals surface area contributed by atoms with E-state index in [1.54, 1.807) is 33.0 Å². The van der Waals surface area contributed by atoms with Gasteiger partial charge in [0.05, 0.1) is 18.8 Å². The van der Waals surface area contributed by atoms with Gasteiger partial charge >= 0.3 is 12.1 Å². The molecular weight excluding hydrogens is 322 g/mol. The number of ether oxygens (including phenoxy) is 2. The van der Waals surface area contributed by atoms with E-state index in [9.17, 15) is 9.59 Å². The molecule has 0 saturated carbocycles. The van der Waals surface area contributed by atoms with Crippen LogP contribution in [0.5, 0.6) is 0 Å². The SMILES string of the molecule is CC.COC(=O)/C(=C/c1ccc2[nH]ncc2c1)NC(=O)OC(C)(C)C. The van der Waals surface area contributed by atoms with Gasteiger partial charge in [-0.1, -0.05) is 19.9 Å². The molecule has 0 aliphatic heterocycles. The summed E-state index contributed by atoms with van der Waals surface area (Å²) in [6.07, 6.45) is 2.46. The van der Waals surface area contributed by atoms with E-state index in [1.165, 1.54) is 13.2 Å². The molecule has 0 unspecified atom stereocenters. The molecule has 0 atom stereocenters. The number of aromatic amines is 1. The minimum absolute atomic E-state index is 0.00963. The summed E-state index contributed by atoms with van der Waals surface area (Å²) in [5, 5.41) is 10.1. The fraction of sp³-hybridized carbons (Fsp3) is 0.389. The molecule has 1 aromatic carbocycles. The van der Waals surface area contributed by atoms with Gasteiger partial charge in [0.25, 0.3) is 0 Å². The molecule has 0 aliphatic rings. The van der Waals surface area contributed by atoms with Gasteiger partial charge in [0.1, 0.15) is 11.3 Å². The Labute approximate surface area is 147 Å². The number of nitrogens with zero attached hydrogens (tertiary/aromatic N) is 1. The van der Waals surface area contributed by atoms with Crippen molar-refractivity contribution in [1.29, 1.82) is 0 Å². The van der Waals surface area contributed by atoms with E-state index in [0.717, 1.165) is 16.5 Å². The number of carbonyl (C=O) groups is 2. The van der Waals surface area contributed by atoms with E-state index < -0.39 is 17.7 Å². The molecule has 1 aromatic heterocycles. The molecule has 25 heavy (non-hydrogen) atoms. The Hall–Kier alpha value is -2.83. The summed E-state index contributed by atoms with van der Waals surface area (Å²) in [5.41, 5.74) is 0.919. The highest BCUT2D eigenvalue weighted by molar-refractivity contribution is 5.97. The number of benzene rings is 1. The second-order valence-electron chi connectivity index (χ2n) is 5.89. The predicted octanol–water partition coefficient (Wildman–Crippen LogP) is 3.63. The van der Waals surface area contributed by atoms with Crippen molar-refractivity contribution in [2.45, 2.75) is 40.2 Å². The summed E-state index contributed by atoms with van der Waals surface area (Å²) in [7, 11) is 1.24. The second-order valence-corrected chi connectivity index (χ2v) is 5.89. The van der Waals surface area contributed by atoms with Crippen LogP contribution in [-0.4, -0.2) is 35.0 Å². The fourth-order valence-electron chi connectivity index (χ4n) is 1.89. The lowest BCUT2D eigenvalue weighted by atomic mass is 10.1.